The van der Waals surface area contributed by atoms with E-state index in [1.807, 2.05) is 12.1 Å². The van der Waals surface area contributed by atoms with Gasteiger partial charge in [-0.1, -0.05) is 6.07 Å². The van der Waals surface area contributed by atoms with Crippen molar-refractivity contribution in [3.05, 3.63) is 58.8 Å². The van der Waals surface area contributed by atoms with Crippen LogP contribution < -0.4 is 16.2 Å². The molecule has 0 aliphatic rings. The third-order valence-corrected chi connectivity index (χ3v) is 3.03. The van der Waals surface area contributed by atoms with E-state index < -0.39 is 0 Å². The number of benzene rings is 1. The summed E-state index contributed by atoms with van der Waals surface area (Å²) in [4.78, 5) is 20.6. The van der Waals surface area contributed by atoms with Gasteiger partial charge < -0.3 is 20.4 Å². The summed E-state index contributed by atoms with van der Waals surface area (Å²) in [6.45, 7) is 0.339. The van der Waals surface area contributed by atoms with Crippen LogP contribution in [0.5, 0.6) is 5.75 Å². The SMILES string of the molecule is NC(COc1ccc2[nH]c(=O)[nH]c2c1)c1cccnc1. The molecule has 4 N–H and O–H groups in total. The Labute approximate surface area is 114 Å². The van der Waals surface area contributed by atoms with Gasteiger partial charge >= 0.3 is 5.69 Å². The number of hydrogen-bond donors (Lipinski definition) is 3. The van der Waals surface area contributed by atoms with E-state index in [0.29, 0.717) is 17.9 Å². The molecule has 6 heteroatoms. The lowest BCUT2D eigenvalue weighted by atomic mass is 10.1. The molecule has 6 nitrogen and oxygen atoms in total. The lowest BCUT2D eigenvalue weighted by Crippen LogP contribution is -2.19. The summed E-state index contributed by atoms with van der Waals surface area (Å²) >= 11 is 0. The maximum Gasteiger partial charge on any atom is 0.323 e. The minimum atomic E-state index is -0.246. The molecule has 2 aromatic heterocycles. The molecule has 0 spiro atoms. The first kappa shape index (κ1) is 12.4. The number of nitrogens with one attached hydrogen (secondary N) is 2. The number of pyridine rings is 1. The number of aromatic nitrogens is 3. The van der Waals surface area contributed by atoms with Crippen molar-refractivity contribution in [2.75, 3.05) is 6.61 Å². The topological polar surface area (TPSA) is 96.8 Å². The Kier molecular flexibility index (Phi) is 3.22. The van der Waals surface area contributed by atoms with Crippen LogP contribution in [0.15, 0.2) is 47.5 Å². The smallest absolute Gasteiger partial charge is 0.323 e. The second-order valence-electron chi connectivity index (χ2n) is 4.49. The maximum atomic E-state index is 11.2. The minimum absolute atomic E-state index is 0.232. The number of imidazole rings is 1. The number of nitrogens with two attached hydrogens (primary N) is 1. The number of nitrogens with zero attached hydrogens (tertiary/aromatic N) is 1. The highest BCUT2D eigenvalue weighted by Gasteiger charge is 2.07. The largest absolute Gasteiger partial charge is 0.492 e. The quantitative estimate of drug-likeness (QED) is 0.666. The van der Waals surface area contributed by atoms with Crippen LogP contribution >= 0.6 is 0 Å². The van der Waals surface area contributed by atoms with Crippen molar-refractivity contribution in [3.8, 4) is 5.75 Å². The molecule has 20 heavy (non-hydrogen) atoms. The van der Waals surface area contributed by atoms with Crippen molar-refractivity contribution in [2.45, 2.75) is 6.04 Å². The van der Waals surface area contributed by atoms with E-state index in [2.05, 4.69) is 15.0 Å². The van der Waals surface area contributed by atoms with Gasteiger partial charge in [-0.05, 0) is 23.8 Å². The fourth-order valence-electron chi connectivity index (χ4n) is 1.98. The van der Waals surface area contributed by atoms with Crippen LogP contribution in [0.3, 0.4) is 0 Å². The van der Waals surface area contributed by atoms with Crippen molar-refractivity contribution in [1.82, 2.24) is 15.0 Å². The molecular formula is C14H14N4O2. The first-order valence-corrected chi connectivity index (χ1v) is 6.23. The van der Waals surface area contributed by atoms with E-state index in [0.717, 1.165) is 11.1 Å². The number of hydrogen-bond acceptors (Lipinski definition) is 4. The number of rotatable bonds is 4. The molecule has 0 aliphatic heterocycles. The average Bonchev–Trinajstić information content (AvgIpc) is 2.85. The van der Waals surface area contributed by atoms with Gasteiger partial charge in [0.1, 0.15) is 12.4 Å². The molecule has 1 unspecified atom stereocenters. The van der Waals surface area contributed by atoms with E-state index >= 15 is 0 Å². The van der Waals surface area contributed by atoms with Gasteiger partial charge in [0, 0.05) is 18.5 Å². The molecule has 3 rings (SSSR count). The molecule has 1 atom stereocenters. The third kappa shape index (κ3) is 2.55. The molecule has 1 aromatic carbocycles. The second kappa shape index (κ2) is 5.18. The average molecular weight is 270 g/mol. The highest BCUT2D eigenvalue weighted by molar-refractivity contribution is 5.75. The molecule has 0 aliphatic carbocycles. The van der Waals surface area contributed by atoms with Gasteiger partial charge in [0.2, 0.25) is 0 Å². The monoisotopic (exact) mass is 270 g/mol. The first-order chi connectivity index (χ1) is 9.72. The normalized spacial score (nSPS) is 12.4. The summed E-state index contributed by atoms with van der Waals surface area (Å²) < 4.78 is 5.65. The predicted molar refractivity (Wildman–Crippen MR) is 75.6 cm³/mol. The van der Waals surface area contributed by atoms with E-state index in [1.54, 1.807) is 30.6 Å². The van der Waals surface area contributed by atoms with E-state index in [4.69, 9.17) is 10.5 Å². The number of H-pyrrole nitrogens is 2. The number of fused-ring (bicyclic) bond motifs is 1. The van der Waals surface area contributed by atoms with Gasteiger partial charge in [0.05, 0.1) is 17.1 Å². The number of ether oxygens (including phenoxy) is 1. The summed E-state index contributed by atoms with van der Waals surface area (Å²) in [5.74, 6) is 0.659. The van der Waals surface area contributed by atoms with Crippen molar-refractivity contribution in [2.24, 2.45) is 5.73 Å². The predicted octanol–water partition coefficient (Wildman–Crippen LogP) is 1.33. The van der Waals surface area contributed by atoms with Crippen LogP contribution in [0, 0.1) is 0 Å². The Morgan fingerprint density at radius 1 is 1.25 bits per heavy atom. The lowest BCUT2D eigenvalue weighted by Gasteiger charge is -2.13. The van der Waals surface area contributed by atoms with Gasteiger partial charge in [-0.3, -0.25) is 4.98 Å². The maximum absolute atomic E-state index is 11.2. The summed E-state index contributed by atoms with van der Waals surface area (Å²) in [5.41, 5.74) is 8.18. The lowest BCUT2D eigenvalue weighted by molar-refractivity contribution is 0.291. The van der Waals surface area contributed by atoms with Gasteiger partial charge in [0.15, 0.2) is 0 Å². The minimum Gasteiger partial charge on any atom is -0.492 e. The molecule has 0 bridgehead atoms. The standard InChI is InChI=1S/C14H14N4O2/c15-11(9-2-1-5-16-7-9)8-20-10-3-4-12-13(6-10)18-14(19)17-12/h1-7,11H,8,15H2,(H2,17,18,19). The second-order valence-corrected chi connectivity index (χ2v) is 4.49. The summed E-state index contributed by atoms with van der Waals surface area (Å²) in [6.07, 6.45) is 3.42. The Hall–Kier alpha value is -2.60. The van der Waals surface area contributed by atoms with Crippen LogP contribution in [0.25, 0.3) is 11.0 Å². The molecule has 0 fully saturated rings. The van der Waals surface area contributed by atoms with Crippen LogP contribution in [0.4, 0.5) is 0 Å². The summed E-state index contributed by atoms with van der Waals surface area (Å²) in [6, 6.07) is 8.85. The van der Waals surface area contributed by atoms with Gasteiger partial charge in [0.25, 0.3) is 0 Å². The van der Waals surface area contributed by atoms with Gasteiger partial charge in [-0.25, -0.2) is 4.79 Å². The Morgan fingerprint density at radius 3 is 2.90 bits per heavy atom. The van der Waals surface area contributed by atoms with Crippen molar-refractivity contribution in [1.29, 1.82) is 0 Å². The molecule has 2 heterocycles. The molecule has 3 aromatic rings. The zero-order chi connectivity index (χ0) is 13.9. The van der Waals surface area contributed by atoms with Crippen LogP contribution in [-0.4, -0.2) is 21.6 Å². The fourth-order valence-corrected chi connectivity index (χ4v) is 1.98. The highest BCUT2D eigenvalue weighted by atomic mass is 16.5. The molecule has 0 saturated heterocycles. The zero-order valence-corrected chi connectivity index (χ0v) is 10.7. The fraction of sp³-hybridized carbons (Fsp3) is 0.143. The van der Waals surface area contributed by atoms with E-state index in [1.165, 1.54) is 0 Å². The van der Waals surface area contributed by atoms with Gasteiger partial charge in [-0.2, -0.15) is 0 Å². The Morgan fingerprint density at radius 2 is 2.10 bits per heavy atom. The van der Waals surface area contributed by atoms with E-state index in [-0.39, 0.29) is 11.7 Å². The van der Waals surface area contributed by atoms with E-state index in [9.17, 15) is 4.79 Å². The molecule has 0 saturated carbocycles. The number of aromatic amines is 2. The van der Waals surface area contributed by atoms with Crippen molar-refractivity contribution >= 4 is 11.0 Å². The highest BCUT2D eigenvalue weighted by Crippen LogP contribution is 2.18. The first-order valence-electron chi connectivity index (χ1n) is 6.23. The third-order valence-electron chi connectivity index (χ3n) is 3.03. The molecule has 0 amide bonds. The van der Waals surface area contributed by atoms with Crippen LogP contribution in [0.1, 0.15) is 11.6 Å². The van der Waals surface area contributed by atoms with Gasteiger partial charge in [-0.15, -0.1) is 0 Å². The molecule has 0 radical (unpaired) electrons. The summed E-state index contributed by atoms with van der Waals surface area (Å²) in [5, 5.41) is 0. The molecule has 102 valence electrons. The summed E-state index contributed by atoms with van der Waals surface area (Å²) in [7, 11) is 0. The molecular weight excluding hydrogens is 256 g/mol. The van der Waals surface area contributed by atoms with Crippen LogP contribution in [0.2, 0.25) is 0 Å². The van der Waals surface area contributed by atoms with Crippen molar-refractivity contribution in [3.63, 3.8) is 0 Å². The Balaban J connectivity index is 1.72. The van der Waals surface area contributed by atoms with Crippen LogP contribution in [-0.2, 0) is 0 Å². The van der Waals surface area contributed by atoms with Crippen molar-refractivity contribution < 1.29 is 4.74 Å². The zero-order valence-electron chi connectivity index (χ0n) is 10.7. The Bertz CT molecular complexity index is 763.